The molecule has 0 saturated carbocycles. The minimum absolute atomic E-state index is 0.0191. The lowest BCUT2D eigenvalue weighted by Gasteiger charge is -2.42. The van der Waals surface area contributed by atoms with Gasteiger partial charge in [0.15, 0.2) is 0 Å². The van der Waals surface area contributed by atoms with Crippen molar-refractivity contribution in [3.8, 4) is 5.75 Å². The zero-order chi connectivity index (χ0) is 20.1. The number of hydrogen-bond donors (Lipinski definition) is 1. The van der Waals surface area contributed by atoms with Gasteiger partial charge < -0.3 is 15.4 Å². The number of halogens is 1. The quantitative estimate of drug-likeness (QED) is 0.800. The summed E-state index contributed by atoms with van der Waals surface area (Å²) >= 11 is 6.03. The number of carbonyl (C=O) groups excluding carboxylic acids is 2. The van der Waals surface area contributed by atoms with Gasteiger partial charge in [-0.15, -0.1) is 0 Å². The summed E-state index contributed by atoms with van der Waals surface area (Å²) in [6, 6.07) is 14.7. The second kappa shape index (κ2) is 8.65. The van der Waals surface area contributed by atoms with Crippen LogP contribution in [0.3, 0.4) is 0 Å². The van der Waals surface area contributed by atoms with Crippen LogP contribution in [0.2, 0.25) is 5.02 Å². The average molecular weight is 401 g/mol. The number of likely N-dealkylation sites (tertiary alicyclic amines) is 1. The Morgan fingerprint density at radius 3 is 2.71 bits per heavy atom. The molecule has 28 heavy (non-hydrogen) atoms. The van der Waals surface area contributed by atoms with Crippen molar-refractivity contribution in [1.82, 2.24) is 4.90 Å². The smallest absolute Gasteiger partial charge is 0.254 e. The number of nitrogens with two attached hydrogens (primary N) is 1. The molecule has 2 aromatic rings. The number of aryl methyl sites for hydroxylation is 1. The van der Waals surface area contributed by atoms with Gasteiger partial charge in [0, 0.05) is 35.5 Å². The number of carbonyl (C=O) groups is 2. The molecule has 2 N–H and O–H groups in total. The first-order chi connectivity index (χ1) is 13.4. The van der Waals surface area contributed by atoms with Gasteiger partial charge >= 0.3 is 0 Å². The number of piperidine rings is 1. The van der Waals surface area contributed by atoms with Crippen molar-refractivity contribution in [3.63, 3.8) is 0 Å². The molecule has 1 heterocycles. The van der Waals surface area contributed by atoms with E-state index in [4.69, 9.17) is 22.1 Å². The van der Waals surface area contributed by atoms with E-state index >= 15 is 0 Å². The van der Waals surface area contributed by atoms with Crippen LogP contribution in [0.15, 0.2) is 48.5 Å². The van der Waals surface area contributed by atoms with Crippen LogP contribution in [0.1, 0.15) is 35.2 Å². The highest BCUT2D eigenvalue weighted by atomic mass is 35.5. The molecule has 0 spiro atoms. The second-order valence-corrected chi connectivity index (χ2v) is 7.97. The van der Waals surface area contributed by atoms with Gasteiger partial charge in [0.05, 0.1) is 6.61 Å². The van der Waals surface area contributed by atoms with Crippen molar-refractivity contribution in [2.75, 3.05) is 19.7 Å². The molecule has 0 aliphatic carbocycles. The lowest BCUT2D eigenvalue weighted by Crippen LogP contribution is -2.50. The minimum atomic E-state index is -0.509. The molecule has 2 amide bonds. The Hall–Kier alpha value is -2.53. The van der Waals surface area contributed by atoms with Crippen molar-refractivity contribution in [2.45, 2.75) is 26.2 Å². The van der Waals surface area contributed by atoms with E-state index in [1.807, 2.05) is 48.2 Å². The molecule has 1 fully saturated rings. The van der Waals surface area contributed by atoms with Crippen LogP contribution >= 0.6 is 11.6 Å². The van der Waals surface area contributed by atoms with Gasteiger partial charge in [0.25, 0.3) is 5.91 Å². The third-order valence-corrected chi connectivity index (χ3v) is 5.45. The summed E-state index contributed by atoms with van der Waals surface area (Å²) in [6.07, 6.45) is 1.74. The topological polar surface area (TPSA) is 72.6 Å². The summed E-state index contributed by atoms with van der Waals surface area (Å²) in [5.41, 5.74) is 6.66. The summed E-state index contributed by atoms with van der Waals surface area (Å²) in [4.78, 5) is 26.7. The van der Waals surface area contributed by atoms with Gasteiger partial charge in [-0.2, -0.15) is 0 Å². The Morgan fingerprint density at radius 1 is 1.21 bits per heavy atom. The number of benzene rings is 2. The molecule has 0 bridgehead atoms. The number of hydrogen-bond acceptors (Lipinski definition) is 3. The summed E-state index contributed by atoms with van der Waals surface area (Å²) in [7, 11) is 0. The molecule has 1 atom stereocenters. The van der Waals surface area contributed by atoms with E-state index in [1.54, 1.807) is 12.1 Å². The maximum Gasteiger partial charge on any atom is 0.254 e. The Bertz CT molecular complexity index is 870. The molecule has 148 valence electrons. The molecule has 1 aliphatic rings. The van der Waals surface area contributed by atoms with Crippen LogP contribution in [0.4, 0.5) is 0 Å². The van der Waals surface area contributed by atoms with Gasteiger partial charge in [-0.25, -0.2) is 0 Å². The van der Waals surface area contributed by atoms with E-state index in [1.165, 1.54) is 0 Å². The maximum absolute atomic E-state index is 13.1. The predicted molar refractivity (Wildman–Crippen MR) is 110 cm³/mol. The third-order valence-electron chi connectivity index (χ3n) is 5.21. The Kier molecular flexibility index (Phi) is 6.25. The van der Waals surface area contributed by atoms with Gasteiger partial charge in [0.2, 0.25) is 5.91 Å². The van der Waals surface area contributed by atoms with Crippen molar-refractivity contribution in [3.05, 3.63) is 64.7 Å². The number of amides is 2. The number of nitrogens with zero attached hydrogens (tertiary/aromatic N) is 1. The van der Waals surface area contributed by atoms with Crippen LogP contribution < -0.4 is 10.5 Å². The molecule has 5 nitrogen and oxygen atoms in total. The maximum atomic E-state index is 13.1. The highest BCUT2D eigenvalue weighted by Gasteiger charge is 2.39. The third kappa shape index (κ3) is 4.84. The summed E-state index contributed by atoms with van der Waals surface area (Å²) < 4.78 is 5.96. The molecule has 1 aliphatic heterocycles. The van der Waals surface area contributed by atoms with E-state index in [-0.39, 0.29) is 18.2 Å². The number of rotatable bonds is 6. The molecule has 2 aromatic carbocycles. The highest BCUT2D eigenvalue weighted by molar-refractivity contribution is 6.30. The number of primary amides is 1. The fourth-order valence-corrected chi connectivity index (χ4v) is 4.02. The predicted octanol–water partition coefficient (Wildman–Crippen LogP) is 3.83. The van der Waals surface area contributed by atoms with Crippen LogP contribution in [-0.2, 0) is 4.79 Å². The fraction of sp³-hybridized carbons (Fsp3) is 0.364. The molecule has 0 radical (unpaired) electrons. The standard InChI is InChI=1S/C22H25ClN2O3/c1-16-6-2-3-9-19(16)21(27)25-11-5-10-22(14-25,13-20(24)26)15-28-18-8-4-7-17(23)12-18/h2-4,6-9,12H,5,10-11,13-15H2,1H3,(H2,24,26). The van der Waals surface area contributed by atoms with E-state index in [0.29, 0.717) is 36.0 Å². The molecule has 1 unspecified atom stereocenters. The van der Waals surface area contributed by atoms with Crippen molar-refractivity contribution < 1.29 is 14.3 Å². The van der Waals surface area contributed by atoms with Crippen LogP contribution in [-0.4, -0.2) is 36.4 Å². The second-order valence-electron chi connectivity index (χ2n) is 7.53. The molecule has 1 saturated heterocycles. The Balaban J connectivity index is 1.79. The largest absolute Gasteiger partial charge is 0.493 e. The summed E-state index contributed by atoms with van der Waals surface area (Å²) in [5, 5.41) is 0.585. The highest BCUT2D eigenvalue weighted by Crippen LogP contribution is 2.35. The van der Waals surface area contributed by atoms with Crippen molar-refractivity contribution in [2.24, 2.45) is 11.1 Å². The van der Waals surface area contributed by atoms with E-state index in [0.717, 1.165) is 18.4 Å². The molecule has 6 heteroatoms. The lowest BCUT2D eigenvalue weighted by atomic mass is 9.77. The van der Waals surface area contributed by atoms with Crippen molar-refractivity contribution in [1.29, 1.82) is 0 Å². The molecule has 0 aromatic heterocycles. The van der Waals surface area contributed by atoms with Crippen LogP contribution in [0.25, 0.3) is 0 Å². The SMILES string of the molecule is Cc1ccccc1C(=O)N1CCCC(COc2cccc(Cl)c2)(CC(N)=O)C1. The van der Waals surface area contributed by atoms with Crippen LogP contribution in [0.5, 0.6) is 5.75 Å². The van der Waals surface area contributed by atoms with Crippen molar-refractivity contribution >= 4 is 23.4 Å². The molecular weight excluding hydrogens is 376 g/mol. The molecular formula is C22H25ClN2O3. The Morgan fingerprint density at radius 2 is 2.00 bits per heavy atom. The zero-order valence-corrected chi connectivity index (χ0v) is 16.7. The average Bonchev–Trinajstić information content (AvgIpc) is 2.66. The van der Waals surface area contributed by atoms with E-state index in [9.17, 15) is 9.59 Å². The first kappa shape index (κ1) is 20.2. The number of ether oxygens (including phenoxy) is 1. The molecule has 3 rings (SSSR count). The van der Waals surface area contributed by atoms with Crippen LogP contribution in [0, 0.1) is 12.3 Å². The van der Waals surface area contributed by atoms with Gasteiger partial charge in [0.1, 0.15) is 5.75 Å². The fourth-order valence-electron chi connectivity index (χ4n) is 3.84. The Labute approximate surface area is 170 Å². The lowest BCUT2D eigenvalue weighted by molar-refractivity contribution is -0.122. The summed E-state index contributed by atoms with van der Waals surface area (Å²) in [5.74, 6) is 0.230. The summed E-state index contributed by atoms with van der Waals surface area (Å²) in [6.45, 7) is 3.32. The normalized spacial score (nSPS) is 19.3. The van der Waals surface area contributed by atoms with Gasteiger partial charge in [-0.3, -0.25) is 9.59 Å². The van der Waals surface area contributed by atoms with E-state index in [2.05, 4.69) is 0 Å². The monoisotopic (exact) mass is 400 g/mol. The van der Waals surface area contributed by atoms with Gasteiger partial charge in [-0.1, -0.05) is 35.9 Å². The van der Waals surface area contributed by atoms with Gasteiger partial charge in [-0.05, 0) is 49.6 Å². The minimum Gasteiger partial charge on any atom is -0.493 e. The zero-order valence-electron chi connectivity index (χ0n) is 16.0. The van der Waals surface area contributed by atoms with E-state index < -0.39 is 5.41 Å². The first-order valence-electron chi connectivity index (χ1n) is 9.40. The first-order valence-corrected chi connectivity index (χ1v) is 9.78.